The van der Waals surface area contributed by atoms with Crippen molar-refractivity contribution in [2.45, 2.75) is 13.8 Å². The third kappa shape index (κ3) is 2.27. The van der Waals surface area contributed by atoms with Crippen molar-refractivity contribution >= 4 is 49.2 Å². The summed E-state index contributed by atoms with van der Waals surface area (Å²) in [7, 11) is 0. The van der Waals surface area contributed by atoms with E-state index in [4.69, 9.17) is 0 Å². The summed E-state index contributed by atoms with van der Waals surface area (Å²) in [6.07, 6.45) is 0. The molecule has 11 heavy (non-hydrogen) atoms. The van der Waals surface area contributed by atoms with Crippen LogP contribution in [0.25, 0.3) is 0 Å². The molecule has 0 bridgehead atoms. The van der Waals surface area contributed by atoms with E-state index in [1.165, 1.54) is 0 Å². The second-order valence-corrected chi connectivity index (χ2v) is 6.08. The van der Waals surface area contributed by atoms with Crippen LogP contribution in [0.4, 0.5) is 0 Å². The smallest absolute Gasteiger partial charge is 0.197 e. The second-order valence-electron chi connectivity index (χ2n) is 3.65. The first-order valence-electron chi connectivity index (χ1n) is 3.53. The molecule has 0 aromatic heterocycles. The number of carbonyl (C=O) groups is 1. The molecule has 1 aliphatic rings. The summed E-state index contributed by atoms with van der Waals surface area (Å²) >= 11 is 4.19. The van der Waals surface area contributed by atoms with Gasteiger partial charge < -0.3 is 0 Å². The quantitative estimate of drug-likeness (QED) is 0.396. The van der Waals surface area contributed by atoms with Crippen molar-refractivity contribution in [1.82, 2.24) is 3.11 Å². The van der Waals surface area contributed by atoms with Crippen LogP contribution >= 0.6 is 45.5 Å². The van der Waals surface area contributed by atoms with Crippen molar-refractivity contribution in [2.24, 2.45) is 11.3 Å². The predicted octanol–water partition coefficient (Wildman–Crippen LogP) is 2.26. The van der Waals surface area contributed by atoms with Crippen molar-refractivity contribution in [3.63, 3.8) is 0 Å². The molecule has 0 saturated carbocycles. The lowest BCUT2D eigenvalue weighted by atomic mass is 9.83. The minimum atomic E-state index is 0.166. The molecule has 64 valence electrons. The molecular weight excluding hydrogens is 368 g/mol. The Hall–Kier alpha value is 1.09. The van der Waals surface area contributed by atoms with Gasteiger partial charge in [0.15, 0.2) is 3.79 Å². The number of hydrogen-bond acceptors (Lipinski definition) is 2. The molecule has 4 heteroatoms. The highest BCUT2D eigenvalue weighted by Gasteiger charge is 2.41. The number of nitrogens with zero attached hydrogens (tertiary/aromatic N) is 1. The van der Waals surface area contributed by atoms with E-state index in [0.29, 0.717) is 3.79 Å². The lowest BCUT2D eigenvalue weighted by Gasteiger charge is -2.21. The van der Waals surface area contributed by atoms with E-state index >= 15 is 0 Å². The van der Waals surface area contributed by atoms with Gasteiger partial charge in [-0.1, -0.05) is 13.8 Å². The third-order valence-corrected chi connectivity index (χ3v) is 3.66. The topological polar surface area (TPSA) is 20.3 Å². The summed E-state index contributed by atoms with van der Waals surface area (Å²) < 4.78 is 2.49. The van der Waals surface area contributed by atoms with Crippen LogP contribution in [0, 0.1) is 11.3 Å². The molecule has 1 rings (SSSR count). The highest BCUT2D eigenvalue weighted by molar-refractivity contribution is 14.1. The van der Waals surface area contributed by atoms with Crippen molar-refractivity contribution in [2.75, 3.05) is 13.1 Å². The predicted molar refractivity (Wildman–Crippen MR) is 61.9 cm³/mol. The SMILES string of the molecule is CC1(C)CN(I)CC1C(=O)I. The number of hydrogen-bond donors (Lipinski definition) is 0. The van der Waals surface area contributed by atoms with E-state index in [2.05, 4.69) is 39.8 Å². The monoisotopic (exact) mass is 379 g/mol. The van der Waals surface area contributed by atoms with Crippen LogP contribution < -0.4 is 0 Å². The van der Waals surface area contributed by atoms with Gasteiger partial charge in [-0.05, 0) is 28.0 Å². The molecule has 0 aromatic carbocycles. The van der Waals surface area contributed by atoms with Gasteiger partial charge >= 0.3 is 0 Å². The molecule has 2 nitrogen and oxygen atoms in total. The highest BCUT2D eigenvalue weighted by Crippen LogP contribution is 2.38. The molecule has 0 aromatic rings. The van der Waals surface area contributed by atoms with Gasteiger partial charge in [0, 0.05) is 41.9 Å². The fourth-order valence-electron chi connectivity index (χ4n) is 1.44. The van der Waals surface area contributed by atoms with Crippen molar-refractivity contribution in [3.8, 4) is 0 Å². The van der Waals surface area contributed by atoms with Gasteiger partial charge in [0.2, 0.25) is 0 Å². The van der Waals surface area contributed by atoms with Gasteiger partial charge in [0.05, 0.1) is 0 Å². The molecule has 1 aliphatic heterocycles. The average molecular weight is 379 g/mol. The summed E-state index contributed by atoms with van der Waals surface area (Å²) in [6.45, 7) is 6.25. The molecule has 1 atom stereocenters. The van der Waals surface area contributed by atoms with Crippen LogP contribution in [0.5, 0.6) is 0 Å². The number of rotatable bonds is 1. The first-order chi connectivity index (χ1) is 4.93. The second kappa shape index (κ2) is 3.45. The van der Waals surface area contributed by atoms with Crippen LogP contribution in [0.15, 0.2) is 0 Å². The third-order valence-electron chi connectivity index (χ3n) is 2.18. The van der Waals surface area contributed by atoms with Crippen LogP contribution in [0.3, 0.4) is 0 Å². The van der Waals surface area contributed by atoms with Gasteiger partial charge in [-0.2, -0.15) is 0 Å². The van der Waals surface area contributed by atoms with Gasteiger partial charge in [0.25, 0.3) is 0 Å². The number of carbonyl (C=O) groups excluding carboxylic acids is 1. The zero-order chi connectivity index (χ0) is 8.65. The van der Waals surface area contributed by atoms with E-state index < -0.39 is 0 Å². The normalized spacial score (nSPS) is 30.7. The van der Waals surface area contributed by atoms with E-state index in [-0.39, 0.29) is 11.3 Å². The fourth-order valence-corrected chi connectivity index (χ4v) is 3.75. The maximum atomic E-state index is 11.2. The zero-order valence-electron chi connectivity index (χ0n) is 6.60. The molecule has 0 spiro atoms. The zero-order valence-corrected chi connectivity index (χ0v) is 10.9. The fraction of sp³-hybridized carbons (Fsp3) is 0.857. The molecule has 1 unspecified atom stereocenters. The minimum absolute atomic E-state index is 0.166. The van der Waals surface area contributed by atoms with Gasteiger partial charge in [-0.15, -0.1) is 0 Å². The molecule has 0 N–H and O–H groups in total. The maximum absolute atomic E-state index is 11.2. The van der Waals surface area contributed by atoms with E-state index in [1.54, 1.807) is 0 Å². The van der Waals surface area contributed by atoms with Crippen LogP contribution in [-0.2, 0) is 4.79 Å². The summed E-state index contributed by atoms with van der Waals surface area (Å²) in [5, 5.41) is 0. The van der Waals surface area contributed by atoms with Gasteiger partial charge in [0.1, 0.15) is 0 Å². The standard InChI is InChI=1S/C7H11I2NO/c1-7(2)4-10(9)3-5(7)6(8)11/h5H,3-4H2,1-2H3. The summed E-state index contributed by atoms with van der Waals surface area (Å²) in [6, 6.07) is 0. The Labute approximate surface area is 94.7 Å². The van der Waals surface area contributed by atoms with Gasteiger partial charge in [-0.3, -0.25) is 4.79 Å². The van der Waals surface area contributed by atoms with Crippen molar-refractivity contribution < 1.29 is 4.79 Å². The Balaban J connectivity index is 2.74. The lowest BCUT2D eigenvalue weighted by molar-refractivity contribution is -0.114. The largest absolute Gasteiger partial charge is 0.287 e. The Morgan fingerprint density at radius 2 is 2.18 bits per heavy atom. The van der Waals surface area contributed by atoms with Crippen molar-refractivity contribution in [3.05, 3.63) is 0 Å². The molecule has 1 fully saturated rings. The van der Waals surface area contributed by atoms with Crippen LogP contribution in [0.2, 0.25) is 0 Å². The van der Waals surface area contributed by atoms with Crippen LogP contribution in [-0.4, -0.2) is 20.0 Å². The summed E-state index contributed by atoms with van der Waals surface area (Å²) in [4.78, 5) is 11.2. The maximum Gasteiger partial charge on any atom is 0.197 e. The highest BCUT2D eigenvalue weighted by atomic mass is 127. The molecule has 1 heterocycles. The van der Waals surface area contributed by atoms with Crippen molar-refractivity contribution in [1.29, 1.82) is 0 Å². The Bertz CT molecular complexity index is 181. The van der Waals surface area contributed by atoms with Gasteiger partial charge in [-0.25, -0.2) is 3.11 Å². The molecule has 1 saturated heterocycles. The summed E-state index contributed by atoms with van der Waals surface area (Å²) in [5.74, 6) is 0.222. The van der Waals surface area contributed by atoms with E-state index in [9.17, 15) is 4.79 Å². The Morgan fingerprint density at radius 3 is 2.36 bits per heavy atom. The van der Waals surface area contributed by atoms with Crippen LogP contribution in [0.1, 0.15) is 13.8 Å². The van der Waals surface area contributed by atoms with E-state index in [1.807, 2.05) is 22.6 Å². The lowest BCUT2D eigenvalue weighted by Crippen LogP contribution is -2.26. The Kier molecular flexibility index (Phi) is 3.19. The first-order valence-corrected chi connectivity index (χ1v) is 5.58. The summed E-state index contributed by atoms with van der Waals surface area (Å²) in [5.41, 5.74) is 0.166. The molecule has 0 aliphatic carbocycles. The Morgan fingerprint density at radius 1 is 1.64 bits per heavy atom. The molecular formula is C7H11I2NO. The number of halogens is 2. The van der Waals surface area contributed by atoms with E-state index in [0.717, 1.165) is 13.1 Å². The molecule has 0 amide bonds. The average Bonchev–Trinajstić information content (AvgIpc) is 2.04. The minimum Gasteiger partial charge on any atom is -0.287 e. The molecule has 0 radical (unpaired) electrons. The first kappa shape index (κ1) is 10.2.